The molecule has 0 saturated heterocycles. The zero-order valence-electron chi connectivity index (χ0n) is 15.7. The minimum absolute atomic E-state index is 0.0243. The van der Waals surface area contributed by atoms with Gasteiger partial charge in [0.05, 0.1) is 20.3 Å². The van der Waals surface area contributed by atoms with E-state index in [1.54, 1.807) is 30.9 Å². The summed E-state index contributed by atoms with van der Waals surface area (Å²) >= 11 is 3.08. The van der Waals surface area contributed by atoms with Gasteiger partial charge in [0.15, 0.2) is 11.5 Å². The molecule has 1 aromatic carbocycles. The van der Waals surface area contributed by atoms with Crippen LogP contribution in [-0.2, 0) is 0 Å². The lowest BCUT2D eigenvalue weighted by atomic mass is 10.0. The van der Waals surface area contributed by atoms with Crippen molar-refractivity contribution in [3.05, 3.63) is 51.7 Å². The van der Waals surface area contributed by atoms with Crippen LogP contribution in [0, 0.1) is 5.92 Å². The molecule has 1 amide bonds. The van der Waals surface area contributed by atoms with Crippen LogP contribution < -0.4 is 14.8 Å². The second-order valence-electron chi connectivity index (χ2n) is 6.32. The first-order valence-electron chi connectivity index (χ1n) is 8.55. The maximum atomic E-state index is 12.7. The fourth-order valence-corrected chi connectivity index (χ4v) is 4.48. The number of ether oxygens (including phenoxy) is 2. The van der Waals surface area contributed by atoms with E-state index >= 15 is 0 Å². The Morgan fingerprint density at radius 2 is 1.89 bits per heavy atom. The van der Waals surface area contributed by atoms with Crippen LogP contribution in [0.25, 0.3) is 10.6 Å². The third-order valence-electron chi connectivity index (χ3n) is 4.17. The molecule has 7 heteroatoms. The van der Waals surface area contributed by atoms with Gasteiger partial charge in [-0.3, -0.25) is 4.79 Å². The highest BCUT2D eigenvalue weighted by molar-refractivity contribution is 7.13. The minimum Gasteiger partial charge on any atom is -0.493 e. The average molecular weight is 403 g/mol. The third-order valence-corrected chi connectivity index (χ3v) is 6.02. The number of hydrogen-bond donors (Lipinski definition) is 1. The number of methoxy groups -OCH3 is 2. The second-order valence-corrected chi connectivity index (χ2v) is 8.16. The Labute approximate surface area is 167 Å². The van der Waals surface area contributed by atoms with Crippen LogP contribution in [0.3, 0.4) is 0 Å². The van der Waals surface area contributed by atoms with Gasteiger partial charge < -0.3 is 14.8 Å². The summed E-state index contributed by atoms with van der Waals surface area (Å²) in [5, 5.41) is 7.68. The average Bonchev–Trinajstić information content (AvgIpc) is 3.37. The van der Waals surface area contributed by atoms with Gasteiger partial charge >= 0.3 is 0 Å². The van der Waals surface area contributed by atoms with E-state index in [9.17, 15) is 4.79 Å². The maximum absolute atomic E-state index is 12.7. The standard InChI is InChI=1S/C20H22N2O3S2/c1-12(2)18(17-6-5-9-26-17)22-19(23)14-11-27-20(21-14)13-7-8-15(24-3)16(10-13)25-4/h5-12,18H,1-4H3,(H,22,23)/t18-/m0/s1. The van der Waals surface area contributed by atoms with E-state index in [0.717, 1.165) is 15.4 Å². The molecule has 5 nitrogen and oxygen atoms in total. The number of aromatic nitrogens is 1. The van der Waals surface area contributed by atoms with Crippen LogP contribution >= 0.6 is 22.7 Å². The summed E-state index contributed by atoms with van der Waals surface area (Å²) in [6, 6.07) is 9.63. The molecule has 27 heavy (non-hydrogen) atoms. The zero-order chi connectivity index (χ0) is 19.4. The number of nitrogens with zero attached hydrogens (tertiary/aromatic N) is 1. The van der Waals surface area contributed by atoms with Gasteiger partial charge in [0.25, 0.3) is 5.91 Å². The molecule has 0 spiro atoms. The molecule has 0 bridgehead atoms. The topological polar surface area (TPSA) is 60.5 Å². The van der Waals surface area contributed by atoms with Crippen LogP contribution in [0.15, 0.2) is 41.1 Å². The van der Waals surface area contributed by atoms with Gasteiger partial charge in [-0.2, -0.15) is 0 Å². The Morgan fingerprint density at radius 1 is 1.11 bits per heavy atom. The number of carbonyl (C=O) groups excluding carboxylic acids is 1. The van der Waals surface area contributed by atoms with Gasteiger partial charge in [-0.15, -0.1) is 22.7 Å². The van der Waals surface area contributed by atoms with E-state index in [-0.39, 0.29) is 17.9 Å². The molecule has 142 valence electrons. The fraction of sp³-hybridized carbons (Fsp3) is 0.300. The van der Waals surface area contributed by atoms with Gasteiger partial charge in [0.2, 0.25) is 0 Å². The largest absolute Gasteiger partial charge is 0.493 e. The Bertz CT molecular complexity index is 904. The van der Waals surface area contributed by atoms with Crippen molar-refractivity contribution in [3.8, 4) is 22.1 Å². The normalized spacial score (nSPS) is 12.0. The van der Waals surface area contributed by atoms with Gasteiger partial charge in [-0.1, -0.05) is 19.9 Å². The Hall–Kier alpha value is -2.38. The predicted octanol–water partition coefficient (Wildman–Crippen LogP) is 5.02. The number of hydrogen-bond acceptors (Lipinski definition) is 6. The molecule has 0 saturated carbocycles. The summed E-state index contributed by atoms with van der Waals surface area (Å²) in [5.74, 6) is 1.42. The molecule has 3 rings (SSSR count). The molecule has 0 fully saturated rings. The molecule has 1 N–H and O–H groups in total. The number of nitrogens with one attached hydrogen (secondary N) is 1. The highest BCUT2D eigenvalue weighted by Crippen LogP contribution is 2.33. The molecule has 0 aliphatic carbocycles. The van der Waals surface area contributed by atoms with E-state index in [1.807, 2.05) is 35.7 Å². The van der Waals surface area contributed by atoms with Crippen molar-refractivity contribution in [2.75, 3.05) is 14.2 Å². The van der Waals surface area contributed by atoms with Crippen molar-refractivity contribution >= 4 is 28.6 Å². The van der Waals surface area contributed by atoms with Crippen LogP contribution in [0.4, 0.5) is 0 Å². The molecule has 0 aliphatic rings. The number of thiazole rings is 1. The van der Waals surface area contributed by atoms with Crippen molar-refractivity contribution in [1.82, 2.24) is 10.3 Å². The number of carbonyl (C=O) groups is 1. The van der Waals surface area contributed by atoms with E-state index in [0.29, 0.717) is 17.2 Å². The zero-order valence-corrected chi connectivity index (χ0v) is 17.3. The Kier molecular flexibility index (Phi) is 6.13. The smallest absolute Gasteiger partial charge is 0.271 e. The van der Waals surface area contributed by atoms with Crippen LogP contribution in [0.1, 0.15) is 35.3 Å². The van der Waals surface area contributed by atoms with Crippen molar-refractivity contribution in [1.29, 1.82) is 0 Å². The van der Waals surface area contributed by atoms with Gasteiger partial charge in [0.1, 0.15) is 10.7 Å². The number of rotatable bonds is 7. The first kappa shape index (κ1) is 19.4. The third kappa shape index (κ3) is 4.31. The molecule has 0 aliphatic heterocycles. The monoisotopic (exact) mass is 402 g/mol. The number of benzene rings is 1. The molecule has 0 unspecified atom stereocenters. The molecule has 2 aromatic heterocycles. The summed E-state index contributed by atoms with van der Waals surface area (Å²) in [4.78, 5) is 18.4. The lowest BCUT2D eigenvalue weighted by Crippen LogP contribution is -2.31. The van der Waals surface area contributed by atoms with E-state index in [4.69, 9.17) is 9.47 Å². The van der Waals surface area contributed by atoms with Gasteiger partial charge in [0, 0.05) is 15.8 Å². The summed E-state index contributed by atoms with van der Waals surface area (Å²) in [7, 11) is 3.20. The summed E-state index contributed by atoms with van der Waals surface area (Å²) in [6.45, 7) is 4.20. The molecular weight excluding hydrogens is 380 g/mol. The predicted molar refractivity (Wildman–Crippen MR) is 110 cm³/mol. The lowest BCUT2D eigenvalue weighted by Gasteiger charge is -2.20. The van der Waals surface area contributed by atoms with E-state index < -0.39 is 0 Å². The summed E-state index contributed by atoms with van der Waals surface area (Å²) in [5.41, 5.74) is 1.31. The summed E-state index contributed by atoms with van der Waals surface area (Å²) in [6.07, 6.45) is 0. The van der Waals surface area contributed by atoms with E-state index in [2.05, 4.69) is 24.1 Å². The molecule has 0 radical (unpaired) electrons. The Balaban J connectivity index is 1.80. The molecule has 2 heterocycles. The maximum Gasteiger partial charge on any atom is 0.271 e. The van der Waals surface area contributed by atoms with Crippen LogP contribution in [0.2, 0.25) is 0 Å². The van der Waals surface area contributed by atoms with Gasteiger partial charge in [-0.25, -0.2) is 4.98 Å². The molecule has 1 atom stereocenters. The van der Waals surface area contributed by atoms with Crippen molar-refractivity contribution in [3.63, 3.8) is 0 Å². The fourth-order valence-electron chi connectivity index (χ4n) is 2.73. The first-order chi connectivity index (χ1) is 13.0. The number of amides is 1. The van der Waals surface area contributed by atoms with Crippen LogP contribution in [0.5, 0.6) is 11.5 Å². The van der Waals surface area contributed by atoms with Crippen molar-refractivity contribution in [2.24, 2.45) is 5.92 Å². The highest BCUT2D eigenvalue weighted by Gasteiger charge is 2.21. The quantitative estimate of drug-likeness (QED) is 0.603. The number of thiophene rings is 1. The van der Waals surface area contributed by atoms with Crippen molar-refractivity contribution < 1.29 is 14.3 Å². The second kappa shape index (κ2) is 8.54. The van der Waals surface area contributed by atoms with Gasteiger partial charge in [-0.05, 0) is 35.6 Å². The highest BCUT2D eigenvalue weighted by atomic mass is 32.1. The first-order valence-corrected chi connectivity index (χ1v) is 10.3. The minimum atomic E-state index is -0.162. The van der Waals surface area contributed by atoms with E-state index in [1.165, 1.54) is 11.3 Å². The molecular formula is C20H22N2O3S2. The van der Waals surface area contributed by atoms with Crippen LogP contribution in [-0.4, -0.2) is 25.1 Å². The lowest BCUT2D eigenvalue weighted by molar-refractivity contribution is 0.0922. The van der Waals surface area contributed by atoms with Crippen molar-refractivity contribution in [2.45, 2.75) is 19.9 Å². The molecule has 3 aromatic rings. The summed E-state index contributed by atoms with van der Waals surface area (Å²) < 4.78 is 10.6. The Morgan fingerprint density at radius 3 is 2.52 bits per heavy atom. The SMILES string of the molecule is COc1ccc(-c2nc(C(=O)N[C@H](c3cccs3)C(C)C)cs2)cc1OC.